The monoisotopic (exact) mass is 414 g/mol. The molecule has 0 aliphatic carbocycles. The van der Waals surface area contributed by atoms with Crippen LogP contribution in [-0.4, -0.2) is 28.9 Å². The van der Waals surface area contributed by atoms with Crippen LogP contribution in [0.4, 0.5) is 4.39 Å². The van der Waals surface area contributed by atoms with Gasteiger partial charge < -0.3 is 14.1 Å². The number of carbonyl (C=O) groups is 1. The van der Waals surface area contributed by atoms with E-state index in [9.17, 15) is 9.18 Å². The number of likely N-dealkylation sites (tertiary alicyclic amines) is 1. The molecule has 1 saturated heterocycles. The van der Waals surface area contributed by atoms with Crippen LogP contribution in [0.25, 0.3) is 0 Å². The summed E-state index contributed by atoms with van der Waals surface area (Å²) in [5.74, 6) is 0.998. The number of oxazole rings is 1. The van der Waals surface area contributed by atoms with Crippen molar-refractivity contribution in [3.63, 3.8) is 0 Å². The number of carbonyl (C=O) groups excluding carboxylic acids is 1. The Bertz CT molecular complexity index is 1010. The summed E-state index contributed by atoms with van der Waals surface area (Å²) < 4.78 is 24.6. The predicted molar refractivity (Wildman–Crippen MR) is 106 cm³/mol. The molecule has 1 amide bonds. The molecule has 0 saturated carbocycles. The van der Waals surface area contributed by atoms with Crippen LogP contribution in [-0.2, 0) is 11.2 Å². The zero-order chi connectivity index (χ0) is 20.2. The number of hydrogen-bond acceptors (Lipinski definition) is 4. The second-order valence-electron chi connectivity index (χ2n) is 6.96. The predicted octanol–water partition coefficient (Wildman–Crippen LogP) is 4.80. The Kier molecular flexibility index (Phi) is 5.81. The average molecular weight is 415 g/mol. The van der Waals surface area contributed by atoms with E-state index in [4.69, 9.17) is 20.8 Å². The fourth-order valence-corrected chi connectivity index (χ4v) is 3.73. The molecule has 1 fully saturated rings. The minimum absolute atomic E-state index is 0.157. The molecule has 0 bridgehead atoms. The zero-order valence-electron chi connectivity index (χ0n) is 15.7. The fourth-order valence-electron chi connectivity index (χ4n) is 3.51. The Morgan fingerprint density at radius 1 is 1.28 bits per heavy atom. The molecule has 2 heterocycles. The zero-order valence-corrected chi connectivity index (χ0v) is 16.4. The lowest BCUT2D eigenvalue weighted by molar-refractivity contribution is -0.134. The molecule has 1 atom stereocenters. The van der Waals surface area contributed by atoms with Gasteiger partial charge in [0, 0.05) is 24.1 Å². The van der Waals surface area contributed by atoms with E-state index in [0.29, 0.717) is 29.6 Å². The number of hydrogen-bond donors (Lipinski definition) is 0. The average Bonchev–Trinajstić information content (AvgIpc) is 3.35. The van der Waals surface area contributed by atoms with Crippen molar-refractivity contribution in [1.82, 2.24) is 9.88 Å². The van der Waals surface area contributed by atoms with Crippen LogP contribution in [0.15, 0.2) is 59.1 Å². The van der Waals surface area contributed by atoms with Crippen LogP contribution in [0.2, 0.25) is 5.02 Å². The van der Waals surface area contributed by atoms with Crippen molar-refractivity contribution < 1.29 is 18.3 Å². The van der Waals surface area contributed by atoms with E-state index in [0.717, 1.165) is 24.2 Å². The van der Waals surface area contributed by atoms with Crippen molar-refractivity contribution in [2.75, 3.05) is 13.2 Å². The van der Waals surface area contributed by atoms with Gasteiger partial charge in [0.25, 0.3) is 5.91 Å². The molecule has 7 heteroatoms. The molecule has 2 aromatic carbocycles. The van der Waals surface area contributed by atoms with E-state index >= 15 is 0 Å². The summed E-state index contributed by atoms with van der Waals surface area (Å²) in [5, 5.41) is 0.674. The summed E-state index contributed by atoms with van der Waals surface area (Å²) in [6.07, 6.45) is 3.92. The molecule has 4 rings (SSSR count). The standard InChI is InChI=1S/C22H20ClFN2O3/c23-16-5-1-4-15(10-16)11-19-13-25-22(29-19)20-8-3-9-26(20)21(27)14-28-18-7-2-6-17(24)12-18/h1-2,4-7,10,12-13,20H,3,8-9,11,14H2/t20-/m1/s1. The summed E-state index contributed by atoms with van der Waals surface area (Å²) in [5.41, 5.74) is 1.03. The Morgan fingerprint density at radius 3 is 2.97 bits per heavy atom. The third kappa shape index (κ3) is 4.77. The number of halogens is 2. The largest absolute Gasteiger partial charge is 0.484 e. The summed E-state index contributed by atoms with van der Waals surface area (Å²) in [6, 6.07) is 13.1. The Hall–Kier alpha value is -2.86. The molecule has 1 aliphatic heterocycles. The smallest absolute Gasteiger partial charge is 0.261 e. The molecule has 29 heavy (non-hydrogen) atoms. The molecule has 5 nitrogen and oxygen atoms in total. The maximum absolute atomic E-state index is 13.3. The van der Waals surface area contributed by atoms with E-state index in [1.165, 1.54) is 12.1 Å². The lowest BCUT2D eigenvalue weighted by Gasteiger charge is -2.22. The normalized spacial score (nSPS) is 16.2. The SMILES string of the molecule is O=C(COc1cccc(F)c1)N1CCC[C@@H]1c1ncc(Cc2cccc(Cl)c2)o1. The molecule has 3 aromatic rings. The van der Waals surface area contributed by atoms with Gasteiger partial charge in [-0.1, -0.05) is 29.8 Å². The van der Waals surface area contributed by atoms with E-state index < -0.39 is 5.82 Å². The van der Waals surface area contributed by atoms with Crippen molar-refractivity contribution in [3.8, 4) is 5.75 Å². The van der Waals surface area contributed by atoms with Gasteiger partial charge in [0.05, 0.1) is 6.20 Å². The van der Waals surface area contributed by atoms with Crippen LogP contribution in [0.5, 0.6) is 5.75 Å². The highest BCUT2D eigenvalue weighted by molar-refractivity contribution is 6.30. The Labute approximate surface area is 173 Å². The van der Waals surface area contributed by atoms with Crippen LogP contribution in [0.3, 0.4) is 0 Å². The van der Waals surface area contributed by atoms with Gasteiger partial charge in [-0.05, 0) is 42.7 Å². The second-order valence-corrected chi connectivity index (χ2v) is 7.40. The third-order valence-corrected chi connectivity index (χ3v) is 5.09. The van der Waals surface area contributed by atoms with Crippen molar-refractivity contribution in [2.45, 2.75) is 25.3 Å². The maximum Gasteiger partial charge on any atom is 0.261 e. The van der Waals surface area contributed by atoms with E-state index in [1.807, 2.05) is 24.3 Å². The van der Waals surface area contributed by atoms with Crippen molar-refractivity contribution >= 4 is 17.5 Å². The summed E-state index contributed by atoms with van der Waals surface area (Å²) in [6.45, 7) is 0.456. The van der Waals surface area contributed by atoms with E-state index in [1.54, 1.807) is 23.2 Å². The first-order valence-electron chi connectivity index (χ1n) is 9.45. The van der Waals surface area contributed by atoms with Gasteiger partial charge in [-0.2, -0.15) is 0 Å². The van der Waals surface area contributed by atoms with Crippen LogP contribution in [0, 0.1) is 5.82 Å². The van der Waals surface area contributed by atoms with Crippen molar-refractivity contribution in [3.05, 3.63) is 82.8 Å². The molecule has 1 aliphatic rings. The third-order valence-electron chi connectivity index (χ3n) is 4.86. The topological polar surface area (TPSA) is 55.6 Å². The highest BCUT2D eigenvalue weighted by Crippen LogP contribution is 2.32. The number of aromatic nitrogens is 1. The number of rotatable bonds is 6. The first kappa shape index (κ1) is 19.5. The van der Waals surface area contributed by atoms with Gasteiger partial charge in [-0.3, -0.25) is 4.79 Å². The molecule has 0 radical (unpaired) electrons. The minimum atomic E-state index is -0.402. The lowest BCUT2D eigenvalue weighted by Crippen LogP contribution is -2.34. The number of ether oxygens (including phenoxy) is 1. The van der Waals surface area contributed by atoms with Gasteiger partial charge >= 0.3 is 0 Å². The number of benzene rings is 2. The molecule has 1 aromatic heterocycles. The van der Waals surface area contributed by atoms with Crippen molar-refractivity contribution in [1.29, 1.82) is 0 Å². The first-order chi connectivity index (χ1) is 14.1. The van der Waals surface area contributed by atoms with Gasteiger partial charge in [0.15, 0.2) is 6.61 Å². The lowest BCUT2D eigenvalue weighted by atomic mass is 10.1. The number of amides is 1. The van der Waals surface area contributed by atoms with Gasteiger partial charge in [-0.25, -0.2) is 9.37 Å². The molecular weight excluding hydrogens is 395 g/mol. The first-order valence-corrected chi connectivity index (χ1v) is 9.83. The van der Waals surface area contributed by atoms with Crippen LogP contribution >= 0.6 is 11.6 Å². The van der Waals surface area contributed by atoms with Gasteiger partial charge in [-0.15, -0.1) is 0 Å². The second kappa shape index (κ2) is 8.66. The fraction of sp³-hybridized carbons (Fsp3) is 0.273. The maximum atomic E-state index is 13.3. The molecule has 0 unspecified atom stereocenters. The number of nitrogens with zero attached hydrogens (tertiary/aromatic N) is 2. The van der Waals surface area contributed by atoms with Gasteiger partial charge in [0.2, 0.25) is 5.89 Å². The van der Waals surface area contributed by atoms with Crippen LogP contribution in [0.1, 0.15) is 36.1 Å². The molecular formula is C22H20ClFN2O3. The molecule has 0 spiro atoms. The van der Waals surface area contributed by atoms with Crippen molar-refractivity contribution in [2.24, 2.45) is 0 Å². The quantitative estimate of drug-likeness (QED) is 0.581. The summed E-state index contributed by atoms with van der Waals surface area (Å²) in [7, 11) is 0. The summed E-state index contributed by atoms with van der Waals surface area (Å²) >= 11 is 6.03. The Morgan fingerprint density at radius 2 is 2.14 bits per heavy atom. The highest BCUT2D eigenvalue weighted by Gasteiger charge is 2.33. The minimum Gasteiger partial charge on any atom is -0.484 e. The van der Waals surface area contributed by atoms with E-state index in [-0.39, 0.29) is 18.6 Å². The Balaban J connectivity index is 1.40. The van der Waals surface area contributed by atoms with E-state index in [2.05, 4.69) is 4.98 Å². The van der Waals surface area contributed by atoms with Crippen LogP contribution < -0.4 is 4.74 Å². The highest BCUT2D eigenvalue weighted by atomic mass is 35.5. The molecule has 150 valence electrons. The molecule has 0 N–H and O–H groups in total. The summed E-state index contributed by atoms with van der Waals surface area (Å²) in [4.78, 5) is 18.8. The van der Waals surface area contributed by atoms with Gasteiger partial charge in [0.1, 0.15) is 23.4 Å².